The molecule has 0 atom stereocenters. The van der Waals surface area contributed by atoms with Crippen LogP contribution in [0.4, 0.5) is 5.82 Å². The number of pyridine rings is 1. The lowest BCUT2D eigenvalue weighted by molar-refractivity contribution is 0.111. The summed E-state index contributed by atoms with van der Waals surface area (Å²) in [5.41, 5.74) is 0.451. The van der Waals surface area contributed by atoms with E-state index < -0.39 is 0 Å². The van der Waals surface area contributed by atoms with E-state index in [0.717, 1.165) is 6.29 Å². The first-order chi connectivity index (χ1) is 4.86. The summed E-state index contributed by atoms with van der Waals surface area (Å²) in [6.07, 6.45) is 0.723. The molecule has 0 saturated carbocycles. The second-order valence-corrected chi connectivity index (χ2v) is 1.82. The van der Waals surface area contributed by atoms with Gasteiger partial charge in [0, 0.05) is 7.05 Å². The van der Waals surface area contributed by atoms with E-state index in [2.05, 4.69) is 10.3 Å². The molecular weight excluding hydrogens is 128 g/mol. The number of rotatable bonds is 2. The molecule has 1 rings (SSSR count). The Kier molecular flexibility index (Phi) is 1.99. The van der Waals surface area contributed by atoms with Gasteiger partial charge in [-0.05, 0) is 12.1 Å². The molecular formula is C7H8N2O. The standard InChI is InChI=1S/C7H8N2O/c1-8-7-4-2-3-6(5-10)9-7/h2-5H,1H3,(H,8,9). The van der Waals surface area contributed by atoms with Gasteiger partial charge >= 0.3 is 0 Å². The number of nitrogens with one attached hydrogen (secondary N) is 1. The van der Waals surface area contributed by atoms with Crippen LogP contribution in [0.1, 0.15) is 10.5 Å². The molecule has 3 nitrogen and oxygen atoms in total. The van der Waals surface area contributed by atoms with Crippen LogP contribution < -0.4 is 5.32 Å². The number of hydrogen-bond donors (Lipinski definition) is 1. The fourth-order valence-corrected chi connectivity index (χ4v) is 0.656. The van der Waals surface area contributed by atoms with Crippen LogP contribution in [0.15, 0.2) is 18.2 Å². The van der Waals surface area contributed by atoms with E-state index in [4.69, 9.17) is 0 Å². The van der Waals surface area contributed by atoms with Gasteiger partial charge in [0.1, 0.15) is 11.5 Å². The van der Waals surface area contributed by atoms with Gasteiger partial charge in [-0.3, -0.25) is 4.79 Å². The third kappa shape index (κ3) is 1.31. The minimum atomic E-state index is 0.451. The van der Waals surface area contributed by atoms with Crippen molar-refractivity contribution in [1.82, 2.24) is 4.98 Å². The molecule has 1 heterocycles. The maximum Gasteiger partial charge on any atom is 0.168 e. The highest BCUT2D eigenvalue weighted by atomic mass is 16.1. The number of aldehydes is 1. The van der Waals surface area contributed by atoms with Gasteiger partial charge in [-0.25, -0.2) is 4.98 Å². The Morgan fingerprint density at radius 2 is 2.40 bits per heavy atom. The highest BCUT2D eigenvalue weighted by molar-refractivity contribution is 5.72. The number of nitrogens with zero attached hydrogens (tertiary/aromatic N) is 1. The first-order valence-corrected chi connectivity index (χ1v) is 2.97. The Bertz CT molecular complexity index is 235. The highest BCUT2D eigenvalue weighted by Crippen LogP contribution is 2.00. The van der Waals surface area contributed by atoms with Crippen LogP contribution in [0.3, 0.4) is 0 Å². The van der Waals surface area contributed by atoms with E-state index in [0.29, 0.717) is 11.5 Å². The van der Waals surface area contributed by atoms with Crippen molar-refractivity contribution in [1.29, 1.82) is 0 Å². The molecule has 0 aromatic carbocycles. The summed E-state index contributed by atoms with van der Waals surface area (Å²) < 4.78 is 0. The zero-order valence-electron chi connectivity index (χ0n) is 5.66. The van der Waals surface area contributed by atoms with E-state index in [1.165, 1.54) is 0 Å². The van der Waals surface area contributed by atoms with E-state index >= 15 is 0 Å². The van der Waals surface area contributed by atoms with Crippen LogP contribution in [0.25, 0.3) is 0 Å². The lowest BCUT2D eigenvalue weighted by Gasteiger charge is -1.96. The highest BCUT2D eigenvalue weighted by Gasteiger charge is 1.90. The third-order valence-corrected chi connectivity index (χ3v) is 1.15. The lowest BCUT2D eigenvalue weighted by Crippen LogP contribution is -1.94. The van der Waals surface area contributed by atoms with Gasteiger partial charge < -0.3 is 5.32 Å². The predicted molar refractivity (Wildman–Crippen MR) is 39.2 cm³/mol. The van der Waals surface area contributed by atoms with E-state index in [-0.39, 0.29) is 0 Å². The molecule has 3 heteroatoms. The molecule has 0 aliphatic carbocycles. The van der Waals surface area contributed by atoms with Crippen LogP contribution in [0.2, 0.25) is 0 Å². The smallest absolute Gasteiger partial charge is 0.168 e. The Morgan fingerprint density at radius 1 is 1.60 bits per heavy atom. The van der Waals surface area contributed by atoms with E-state index in [1.807, 2.05) is 0 Å². The molecule has 1 aromatic heterocycles. The topological polar surface area (TPSA) is 42.0 Å². The van der Waals surface area contributed by atoms with Crippen molar-refractivity contribution < 1.29 is 4.79 Å². The van der Waals surface area contributed by atoms with Crippen molar-refractivity contribution in [2.75, 3.05) is 12.4 Å². The molecule has 0 spiro atoms. The Hall–Kier alpha value is -1.38. The van der Waals surface area contributed by atoms with Crippen molar-refractivity contribution in [3.63, 3.8) is 0 Å². The van der Waals surface area contributed by atoms with E-state index in [1.54, 1.807) is 25.2 Å². The van der Waals surface area contributed by atoms with Crippen molar-refractivity contribution in [3.8, 4) is 0 Å². The van der Waals surface area contributed by atoms with Crippen molar-refractivity contribution in [3.05, 3.63) is 23.9 Å². The van der Waals surface area contributed by atoms with Crippen LogP contribution in [0, 0.1) is 0 Å². The van der Waals surface area contributed by atoms with Gasteiger partial charge in [-0.2, -0.15) is 0 Å². The average molecular weight is 136 g/mol. The van der Waals surface area contributed by atoms with Crippen LogP contribution in [-0.2, 0) is 0 Å². The Balaban J connectivity index is 2.98. The minimum absolute atomic E-state index is 0.451. The molecule has 0 radical (unpaired) electrons. The molecule has 0 fully saturated rings. The quantitative estimate of drug-likeness (QED) is 0.615. The average Bonchev–Trinajstić information content (AvgIpc) is 2.05. The maximum absolute atomic E-state index is 10.2. The van der Waals surface area contributed by atoms with Gasteiger partial charge in [-0.15, -0.1) is 0 Å². The Labute approximate surface area is 59.1 Å². The van der Waals surface area contributed by atoms with Crippen molar-refractivity contribution in [2.24, 2.45) is 0 Å². The molecule has 0 aliphatic rings. The summed E-state index contributed by atoms with van der Waals surface area (Å²) in [6.45, 7) is 0. The number of carbonyl (C=O) groups is 1. The molecule has 0 amide bonds. The van der Waals surface area contributed by atoms with Gasteiger partial charge in [-0.1, -0.05) is 6.07 Å². The summed E-state index contributed by atoms with van der Waals surface area (Å²) in [5.74, 6) is 0.713. The summed E-state index contributed by atoms with van der Waals surface area (Å²) >= 11 is 0. The first kappa shape index (κ1) is 6.74. The second kappa shape index (κ2) is 2.96. The summed E-state index contributed by atoms with van der Waals surface area (Å²) in [4.78, 5) is 14.1. The monoisotopic (exact) mass is 136 g/mol. The molecule has 1 aromatic rings. The molecule has 0 saturated heterocycles. The fraction of sp³-hybridized carbons (Fsp3) is 0.143. The summed E-state index contributed by atoms with van der Waals surface area (Å²) in [7, 11) is 1.76. The van der Waals surface area contributed by atoms with Gasteiger partial charge in [0.15, 0.2) is 6.29 Å². The molecule has 10 heavy (non-hydrogen) atoms. The number of carbonyl (C=O) groups excluding carboxylic acids is 1. The predicted octanol–water partition coefficient (Wildman–Crippen LogP) is 0.936. The van der Waals surface area contributed by atoms with Gasteiger partial charge in [0.25, 0.3) is 0 Å². The third-order valence-electron chi connectivity index (χ3n) is 1.15. The number of aromatic nitrogens is 1. The normalized spacial score (nSPS) is 8.90. The van der Waals surface area contributed by atoms with E-state index in [9.17, 15) is 4.79 Å². The van der Waals surface area contributed by atoms with Gasteiger partial charge in [0.2, 0.25) is 0 Å². The molecule has 0 aliphatic heterocycles. The minimum Gasteiger partial charge on any atom is -0.373 e. The summed E-state index contributed by atoms with van der Waals surface area (Å²) in [5, 5.41) is 2.83. The fourth-order valence-electron chi connectivity index (χ4n) is 0.656. The SMILES string of the molecule is CNc1cccc(C=O)n1. The second-order valence-electron chi connectivity index (χ2n) is 1.82. The van der Waals surface area contributed by atoms with Crippen LogP contribution >= 0.6 is 0 Å². The summed E-state index contributed by atoms with van der Waals surface area (Å²) in [6, 6.07) is 5.24. The molecule has 52 valence electrons. The largest absolute Gasteiger partial charge is 0.373 e. The van der Waals surface area contributed by atoms with Gasteiger partial charge in [0.05, 0.1) is 0 Å². The van der Waals surface area contributed by atoms with Crippen LogP contribution in [0.5, 0.6) is 0 Å². The number of anilines is 1. The lowest BCUT2D eigenvalue weighted by atomic mass is 10.4. The van der Waals surface area contributed by atoms with Crippen molar-refractivity contribution in [2.45, 2.75) is 0 Å². The Morgan fingerprint density at radius 3 is 3.00 bits per heavy atom. The van der Waals surface area contributed by atoms with Crippen LogP contribution in [-0.4, -0.2) is 18.3 Å². The zero-order chi connectivity index (χ0) is 7.40. The first-order valence-electron chi connectivity index (χ1n) is 2.97. The van der Waals surface area contributed by atoms with Crippen molar-refractivity contribution >= 4 is 12.1 Å². The molecule has 0 unspecified atom stereocenters. The number of hydrogen-bond acceptors (Lipinski definition) is 3. The molecule has 0 bridgehead atoms. The maximum atomic E-state index is 10.2. The zero-order valence-corrected chi connectivity index (χ0v) is 5.66. The molecule has 1 N–H and O–H groups in total.